The second-order valence-corrected chi connectivity index (χ2v) is 6.63. The summed E-state index contributed by atoms with van der Waals surface area (Å²) in [6.45, 7) is 4.71. The molecular formula is C14H30O4S. The van der Waals surface area contributed by atoms with Gasteiger partial charge in [0, 0.05) is 6.61 Å². The molecule has 1 N–H and O–H groups in total. The third-order valence-electron chi connectivity index (χ3n) is 3.23. The molecule has 1 unspecified atom stereocenters. The Balaban J connectivity index is 3.64. The highest BCUT2D eigenvalue weighted by Gasteiger charge is 2.13. The molecule has 0 bridgehead atoms. The van der Waals surface area contributed by atoms with Crippen LogP contribution in [0.4, 0.5) is 0 Å². The van der Waals surface area contributed by atoms with Gasteiger partial charge >= 0.3 is 0 Å². The van der Waals surface area contributed by atoms with E-state index < -0.39 is 10.1 Å². The van der Waals surface area contributed by atoms with Gasteiger partial charge in [0.05, 0.1) is 11.9 Å². The molecule has 0 radical (unpaired) electrons. The van der Waals surface area contributed by atoms with Gasteiger partial charge in [-0.1, -0.05) is 51.9 Å². The lowest BCUT2D eigenvalue weighted by molar-refractivity contribution is 0.0526. The highest BCUT2D eigenvalue weighted by Crippen LogP contribution is 2.13. The lowest BCUT2D eigenvalue weighted by Crippen LogP contribution is -2.18. The van der Waals surface area contributed by atoms with E-state index in [9.17, 15) is 8.42 Å². The van der Waals surface area contributed by atoms with Gasteiger partial charge in [0.15, 0.2) is 0 Å². The van der Waals surface area contributed by atoms with Gasteiger partial charge in [-0.15, -0.1) is 0 Å². The highest BCUT2D eigenvalue weighted by atomic mass is 32.2. The van der Waals surface area contributed by atoms with Crippen LogP contribution in [0.5, 0.6) is 0 Å². The Labute approximate surface area is 118 Å². The standard InChI is InChI=1S/C14H30O4S/c1-3-5-6-7-8-9-10-11-14(18-4-2)12-13-19(15,16)17/h14H,3-13H2,1-2H3,(H,15,16,17). The molecule has 0 aromatic rings. The summed E-state index contributed by atoms with van der Waals surface area (Å²) in [6, 6.07) is 0. The molecule has 0 amide bonds. The van der Waals surface area contributed by atoms with Crippen molar-refractivity contribution in [2.45, 2.75) is 77.7 Å². The van der Waals surface area contributed by atoms with E-state index in [0.29, 0.717) is 13.0 Å². The van der Waals surface area contributed by atoms with E-state index in [4.69, 9.17) is 9.29 Å². The summed E-state index contributed by atoms with van der Waals surface area (Å²) in [7, 11) is -3.86. The molecule has 0 aromatic carbocycles. The Morgan fingerprint density at radius 1 is 0.947 bits per heavy atom. The zero-order valence-electron chi connectivity index (χ0n) is 12.4. The second kappa shape index (κ2) is 11.7. The minimum absolute atomic E-state index is 0.0393. The summed E-state index contributed by atoms with van der Waals surface area (Å²) in [6.07, 6.45) is 9.92. The highest BCUT2D eigenvalue weighted by molar-refractivity contribution is 7.85. The third-order valence-corrected chi connectivity index (χ3v) is 3.98. The molecule has 0 saturated heterocycles. The van der Waals surface area contributed by atoms with Crippen molar-refractivity contribution in [2.75, 3.05) is 12.4 Å². The van der Waals surface area contributed by atoms with Crippen LogP contribution in [0.25, 0.3) is 0 Å². The Morgan fingerprint density at radius 2 is 1.53 bits per heavy atom. The zero-order chi connectivity index (χ0) is 14.6. The van der Waals surface area contributed by atoms with Crippen molar-refractivity contribution in [3.63, 3.8) is 0 Å². The fourth-order valence-corrected chi connectivity index (χ4v) is 2.72. The molecule has 0 rings (SSSR count). The molecule has 19 heavy (non-hydrogen) atoms. The van der Waals surface area contributed by atoms with Crippen LogP contribution >= 0.6 is 0 Å². The molecule has 0 heterocycles. The molecule has 0 aliphatic rings. The molecular weight excluding hydrogens is 264 g/mol. The lowest BCUT2D eigenvalue weighted by atomic mass is 10.1. The number of unbranched alkanes of at least 4 members (excludes halogenated alkanes) is 6. The molecule has 116 valence electrons. The van der Waals surface area contributed by atoms with Crippen molar-refractivity contribution >= 4 is 10.1 Å². The van der Waals surface area contributed by atoms with E-state index >= 15 is 0 Å². The van der Waals surface area contributed by atoms with E-state index in [1.165, 1.54) is 38.5 Å². The predicted molar refractivity (Wildman–Crippen MR) is 79.1 cm³/mol. The fourth-order valence-electron chi connectivity index (χ4n) is 2.16. The zero-order valence-corrected chi connectivity index (χ0v) is 13.3. The molecule has 0 fully saturated rings. The summed E-state index contributed by atoms with van der Waals surface area (Å²) in [5.41, 5.74) is 0. The maximum Gasteiger partial charge on any atom is 0.264 e. The number of hydrogen-bond donors (Lipinski definition) is 1. The summed E-state index contributed by atoms with van der Waals surface area (Å²) in [5.74, 6) is -0.200. The first-order chi connectivity index (χ1) is 8.99. The summed E-state index contributed by atoms with van der Waals surface area (Å²) in [5, 5.41) is 0. The Bertz CT molecular complexity index is 288. The normalized spacial score (nSPS) is 13.6. The van der Waals surface area contributed by atoms with Gasteiger partial charge in [-0.3, -0.25) is 4.55 Å². The molecule has 0 aliphatic carbocycles. The first-order valence-corrected chi connectivity index (χ1v) is 9.17. The van der Waals surface area contributed by atoms with Crippen LogP contribution in [0.1, 0.15) is 71.6 Å². The van der Waals surface area contributed by atoms with Gasteiger partial charge in [0.1, 0.15) is 0 Å². The van der Waals surface area contributed by atoms with Crippen molar-refractivity contribution in [3.05, 3.63) is 0 Å². The molecule has 4 nitrogen and oxygen atoms in total. The van der Waals surface area contributed by atoms with Crippen molar-refractivity contribution in [2.24, 2.45) is 0 Å². The van der Waals surface area contributed by atoms with E-state index in [1.807, 2.05) is 6.92 Å². The first-order valence-electron chi connectivity index (χ1n) is 7.56. The number of hydrogen-bond acceptors (Lipinski definition) is 3. The summed E-state index contributed by atoms with van der Waals surface area (Å²) in [4.78, 5) is 0. The molecule has 1 atom stereocenters. The van der Waals surface area contributed by atoms with E-state index in [1.54, 1.807) is 0 Å². The van der Waals surface area contributed by atoms with Crippen LogP contribution in [-0.4, -0.2) is 31.4 Å². The van der Waals surface area contributed by atoms with Crippen LogP contribution < -0.4 is 0 Å². The van der Waals surface area contributed by atoms with Gasteiger partial charge < -0.3 is 4.74 Å². The molecule has 0 aromatic heterocycles. The van der Waals surface area contributed by atoms with Crippen molar-refractivity contribution in [1.82, 2.24) is 0 Å². The Morgan fingerprint density at radius 3 is 2.05 bits per heavy atom. The SMILES string of the molecule is CCCCCCCCCC(CCS(=O)(=O)O)OCC. The molecule has 0 aliphatic heterocycles. The quantitative estimate of drug-likeness (QED) is 0.414. The maximum absolute atomic E-state index is 10.7. The minimum atomic E-state index is -3.86. The average molecular weight is 294 g/mol. The average Bonchev–Trinajstić information content (AvgIpc) is 2.33. The molecule has 5 heteroatoms. The van der Waals surface area contributed by atoms with Crippen LogP contribution in [0, 0.1) is 0 Å². The van der Waals surface area contributed by atoms with E-state index in [2.05, 4.69) is 6.92 Å². The summed E-state index contributed by atoms with van der Waals surface area (Å²) >= 11 is 0. The third kappa shape index (κ3) is 14.1. The first kappa shape index (κ1) is 18.9. The van der Waals surface area contributed by atoms with Gasteiger partial charge in [0.25, 0.3) is 10.1 Å². The lowest BCUT2D eigenvalue weighted by Gasteiger charge is -2.16. The van der Waals surface area contributed by atoms with E-state index in [0.717, 1.165) is 12.8 Å². The molecule has 0 spiro atoms. The summed E-state index contributed by atoms with van der Waals surface area (Å²) < 4.78 is 35.7. The van der Waals surface area contributed by atoms with Crippen molar-refractivity contribution in [3.8, 4) is 0 Å². The monoisotopic (exact) mass is 294 g/mol. The largest absolute Gasteiger partial charge is 0.378 e. The maximum atomic E-state index is 10.7. The van der Waals surface area contributed by atoms with Crippen molar-refractivity contribution in [1.29, 1.82) is 0 Å². The van der Waals surface area contributed by atoms with Crippen LogP contribution in [-0.2, 0) is 14.9 Å². The topological polar surface area (TPSA) is 63.6 Å². The van der Waals surface area contributed by atoms with E-state index in [-0.39, 0.29) is 11.9 Å². The number of rotatable bonds is 13. The molecule has 0 saturated carbocycles. The van der Waals surface area contributed by atoms with Crippen LogP contribution in [0.3, 0.4) is 0 Å². The van der Waals surface area contributed by atoms with Gasteiger partial charge in [-0.2, -0.15) is 8.42 Å². The van der Waals surface area contributed by atoms with Crippen LogP contribution in [0.2, 0.25) is 0 Å². The minimum Gasteiger partial charge on any atom is -0.378 e. The van der Waals surface area contributed by atoms with Gasteiger partial charge in [-0.05, 0) is 19.8 Å². The number of ether oxygens (including phenoxy) is 1. The Hall–Kier alpha value is -0.130. The Kier molecular flexibility index (Phi) is 11.6. The van der Waals surface area contributed by atoms with Crippen molar-refractivity contribution < 1.29 is 17.7 Å². The predicted octanol–water partition coefficient (Wildman–Crippen LogP) is 3.81. The van der Waals surface area contributed by atoms with Gasteiger partial charge in [-0.25, -0.2) is 0 Å². The van der Waals surface area contributed by atoms with Gasteiger partial charge in [0.2, 0.25) is 0 Å². The second-order valence-electron chi connectivity index (χ2n) is 5.06. The van der Waals surface area contributed by atoms with Crippen LogP contribution in [0.15, 0.2) is 0 Å². The fraction of sp³-hybridized carbons (Fsp3) is 1.00. The smallest absolute Gasteiger partial charge is 0.264 e.